The number of rotatable bonds is 6. The summed E-state index contributed by atoms with van der Waals surface area (Å²) in [5.41, 5.74) is -1.46. The van der Waals surface area contributed by atoms with Gasteiger partial charge in [-0.15, -0.1) is 0 Å². The first-order valence-electron chi connectivity index (χ1n) is 7.29. The molecule has 1 aromatic carbocycles. The summed E-state index contributed by atoms with van der Waals surface area (Å²) in [7, 11) is -2.57. The highest BCUT2D eigenvalue weighted by molar-refractivity contribution is 7.89. The maximum Gasteiger partial charge on any atom is 0.363 e. The summed E-state index contributed by atoms with van der Waals surface area (Å²) in [4.78, 5) is 11.3. The molecule has 0 bridgehead atoms. The zero-order chi connectivity index (χ0) is 19.6. The van der Waals surface area contributed by atoms with Crippen molar-refractivity contribution >= 4 is 39.2 Å². The minimum Gasteiger partial charge on any atom is -0.465 e. The highest BCUT2D eigenvalue weighted by Crippen LogP contribution is 2.34. The van der Waals surface area contributed by atoms with Crippen LogP contribution >= 0.6 is 23.2 Å². The molecule has 0 saturated carbocycles. The van der Waals surface area contributed by atoms with Crippen LogP contribution in [0.2, 0.25) is 5.02 Å². The van der Waals surface area contributed by atoms with Crippen LogP contribution < -0.4 is 4.74 Å². The molecule has 0 spiro atoms. The van der Waals surface area contributed by atoms with Crippen molar-refractivity contribution < 1.29 is 27.1 Å². The largest absolute Gasteiger partial charge is 0.465 e. The van der Waals surface area contributed by atoms with E-state index in [4.69, 9.17) is 27.9 Å². The topological polar surface area (TPSA) is 87.5 Å². The lowest BCUT2D eigenvalue weighted by molar-refractivity contribution is -0.144. The van der Waals surface area contributed by atoms with Crippen molar-refractivity contribution in [2.24, 2.45) is 0 Å². The van der Waals surface area contributed by atoms with Gasteiger partial charge in [-0.25, -0.2) is 17.6 Å². The van der Waals surface area contributed by atoms with Gasteiger partial charge in [-0.05, 0) is 32.0 Å². The molecule has 0 saturated heterocycles. The predicted octanol–water partition coefficient (Wildman–Crippen LogP) is 2.97. The number of hydrogen-bond acceptors (Lipinski definition) is 6. The van der Waals surface area contributed by atoms with E-state index in [0.29, 0.717) is 0 Å². The number of benzene rings is 1. The smallest absolute Gasteiger partial charge is 0.363 e. The maximum absolute atomic E-state index is 14.3. The second-order valence-electron chi connectivity index (χ2n) is 5.09. The summed E-state index contributed by atoms with van der Waals surface area (Å²) < 4.78 is 48.8. The summed E-state index contributed by atoms with van der Waals surface area (Å²) in [5.74, 6) is -1.69. The van der Waals surface area contributed by atoms with Crippen molar-refractivity contribution in [3.05, 3.63) is 34.7 Å². The van der Waals surface area contributed by atoms with Gasteiger partial charge in [0, 0.05) is 5.56 Å². The number of carbonyl (C=O) groups excluding carboxylic acids is 1. The summed E-state index contributed by atoms with van der Waals surface area (Å²) >= 11 is 11.9. The Balaban J connectivity index is 2.51. The van der Waals surface area contributed by atoms with Crippen LogP contribution in [0.3, 0.4) is 0 Å². The quantitative estimate of drug-likeness (QED) is 0.523. The van der Waals surface area contributed by atoms with Crippen molar-refractivity contribution in [2.75, 3.05) is 12.9 Å². The minimum atomic E-state index is -3.71. The molecule has 2 rings (SSSR count). The second-order valence-corrected chi connectivity index (χ2v) is 7.95. The Kier molecular flexibility index (Phi) is 6.15. The molecule has 7 nitrogen and oxygen atoms in total. The lowest BCUT2D eigenvalue weighted by Crippen LogP contribution is -2.22. The van der Waals surface area contributed by atoms with Crippen LogP contribution in [-0.2, 0) is 19.6 Å². The summed E-state index contributed by atoms with van der Waals surface area (Å²) in [6.07, 6.45) is 0. The number of ether oxygens (including phenoxy) is 2. The van der Waals surface area contributed by atoms with Crippen LogP contribution in [0.4, 0.5) is 4.39 Å². The molecule has 1 aromatic heterocycles. The van der Waals surface area contributed by atoms with E-state index in [1.807, 2.05) is 0 Å². The van der Waals surface area contributed by atoms with E-state index in [1.165, 1.54) is 26.0 Å². The third-order valence-corrected chi connectivity index (χ3v) is 5.78. The van der Waals surface area contributed by atoms with E-state index in [-0.39, 0.29) is 33.5 Å². The van der Waals surface area contributed by atoms with Crippen LogP contribution in [0, 0.1) is 12.7 Å². The molecule has 0 aliphatic heterocycles. The van der Waals surface area contributed by atoms with Gasteiger partial charge < -0.3 is 9.47 Å². The van der Waals surface area contributed by atoms with Gasteiger partial charge in [-0.3, -0.25) is 0 Å². The standard InChI is InChI=1S/C15H15Cl2FN2O5S/c1-4-26(22,23)20-8(2)12(16)13(19-20)10-7-9(5-6-11(10)18)25-14(17)15(21)24-3/h5-7,14H,4H2,1-3H3. The number of aromatic nitrogens is 2. The van der Waals surface area contributed by atoms with E-state index < -0.39 is 27.4 Å². The Morgan fingerprint density at radius 3 is 2.65 bits per heavy atom. The van der Waals surface area contributed by atoms with Gasteiger partial charge in [0.25, 0.3) is 15.6 Å². The Hall–Kier alpha value is -1.84. The van der Waals surface area contributed by atoms with Crippen LogP contribution in [0.1, 0.15) is 12.6 Å². The van der Waals surface area contributed by atoms with E-state index in [2.05, 4.69) is 9.84 Å². The van der Waals surface area contributed by atoms with E-state index in [0.717, 1.165) is 17.3 Å². The van der Waals surface area contributed by atoms with Crippen molar-refractivity contribution in [1.29, 1.82) is 0 Å². The van der Waals surface area contributed by atoms with Gasteiger partial charge in [0.05, 0.1) is 23.6 Å². The average molecular weight is 425 g/mol. The highest BCUT2D eigenvalue weighted by Gasteiger charge is 2.24. The molecule has 0 amide bonds. The van der Waals surface area contributed by atoms with Gasteiger partial charge in [0.15, 0.2) is 0 Å². The first-order valence-corrected chi connectivity index (χ1v) is 9.71. The number of hydrogen-bond donors (Lipinski definition) is 0. The van der Waals surface area contributed by atoms with Crippen LogP contribution in [0.15, 0.2) is 18.2 Å². The number of nitrogens with zero attached hydrogens (tertiary/aromatic N) is 2. The average Bonchev–Trinajstić information content (AvgIpc) is 2.91. The van der Waals surface area contributed by atoms with E-state index >= 15 is 0 Å². The number of carbonyl (C=O) groups is 1. The third-order valence-electron chi connectivity index (χ3n) is 3.45. The van der Waals surface area contributed by atoms with Gasteiger partial charge >= 0.3 is 5.97 Å². The number of methoxy groups -OCH3 is 1. The van der Waals surface area contributed by atoms with Crippen molar-refractivity contribution in [1.82, 2.24) is 9.19 Å². The Bertz CT molecular complexity index is 946. The first-order chi connectivity index (χ1) is 12.1. The van der Waals surface area contributed by atoms with Crippen LogP contribution in [0.5, 0.6) is 5.75 Å². The van der Waals surface area contributed by atoms with Gasteiger partial charge in [-0.2, -0.15) is 9.19 Å². The fourth-order valence-corrected chi connectivity index (χ4v) is 3.47. The molecule has 0 radical (unpaired) electrons. The molecule has 0 fully saturated rings. The number of esters is 1. The minimum absolute atomic E-state index is 0.0199. The van der Waals surface area contributed by atoms with Crippen molar-refractivity contribution in [3.8, 4) is 17.0 Å². The van der Waals surface area contributed by atoms with Gasteiger partial charge in [-0.1, -0.05) is 23.2 Å². The molecule has 1 heterocycles. The zero-order valence-corrected chi connectivity index (χ0v) is 16.3. The first kappa shape index (κ1) is 20.5. The van der Waals surface area contributed by atoms with Gasteiger partial charge in [0.2, 0.25) is 0 Å². The molecule has 0 aliphatic rings. The molecule has 1 unspecified atom stereocenters. The Morgan fingerprint density at radius 1 is 1.42 bits per heavy atom. The van der Waals surface area contributed by atoms with Crippen LogP contribution in [-0.4, -0.2) is 42.0 Å². The van der Waals surface area contributed by atoms with Crippen molar-refractivity contribution in [3.63, 3.8) is 0 Å². The fraction of sp³-hybridized carbons (Fsp3) is 0.333. The van der Waals surface area contributed by atoms with Crippen LogP contribution in [0.25, 0.3) is 11.3 Å². The maximum atomic E-state index is 14.3. The fourth-order valence-electron chi connectivity index (χ4n) is 2.05. The Labute approximate surface area is 159 Å². The van der Waals surface area contributed by atoms with Gasteiger partial charge in [0.1, 0.15) is 17.3 Å². The third kappa shape index (κ3) is 3.94. The summed E-state index contributed by atoms with van der Waals surface area (Å²) in [6, 6.07) is 3.52. The Morgan fingerprint density at radius 2 is 2.08 bits per heavy atom. The molecule has 142 valence electrons. The molecule has 26 heavy (non-hydrogen) atoms. The van der Waals surface area contributed by atoms with E-state index in [9.17, 15) is 17.6 Å². The summed E-state index contributed by atoms with van der Waals surface area (Å²) in [5, 5.41) is 3.91. The number of alkyl halides is 1. The lowest BCUT2D eigenvalue weighted by atomic mass is 10.1. The molecule has 11 heteroatoms. The lowest BCUT2D eigenvalue weighted by Gasteiger charge is -2.11. The molecular formula is C15H15Cl2FN2O5S. The molecule has 2 aromatic rings. The van der Waals surface area contributed by atoms with Crippen molar-refractivity contribution in [2.45, 2.75) is 19.4 Å². The SMILES string of the molecule is CCS(=O)(=O)n1nc(-c2cc(OC(Cl)C(=O)OC)ccc2F)c(Cl)c1C. The second kappa shape index (κ2) is 7.81. The molecule has 0 N–H and O–H groups in total. The molecule has 0 aliphatic carbocycles. The van der Waals surface area contributed by atoms with E-state index in [1.54, 1.807) is 0 Å². The zero-order valence-electron chi connectivity index (χ0n) is 14.0. The summed E-state index contributed by atoms with van der Waals surface area (Å²) in [6.45, 7) is 2.91. The predicted molar refractivity (Wildman–Crippen MR) is 94.5 cm³/mol. The highest BCUT2D eigenvalue weighted by atomic mass is 35.5. The molecular weight excluding hydrogens is 410 g/mol. The normalized spacial score (nSPS) is 12.7. The monoisotopic (exact) mass is 424 g/mol. The number of halogens is 3. The molecule has 1 atom stereocenters.